The van der Waals surface area contributed by atoms with Gasteiger partial charge in [0.2, 0.25) is 17.5 Å². The number of rotatable bonds is 14. The summed E-state index contributed by atoms with van der Waals surface area (Å²) in [6.45, 7) is 7.05. The topological polar surface area (TPSA) is 152 Å². The fourth-order valence-corrected chi connectivity index (χ4v) is 4.39. The van der Waals surface area contributed by atoms with E-state index in [-0.39, 0.29) is 11.8 Å². The van der Waals surface area contributed by atoms with E-state index in [4.69, 9.17) is 14.2 Å². The monoisotopic (exact) mass is 705 g/mol. The van der Waals surface area contributed by atoms with Gasteiger partial charge in [-0.25, -0.2) is 8.78 Å². The van der Waals surface area contributed by atoms with Crippen LogP contribution in [-0.2, 0) is 30.5 Å². The number of ether oxygens (including phenoxy) is 3. The van der Waals surface area contributed by atoms with Crippen molar-refractivity contribution in [1.82, 2.24) is 10.6 Å². The lowest BCUT2D eigenvalue weighted by atomic mass is 10.0. The van der Waals surface area contributed by atoms with Gasteiger partial charge in [0.25, 0.3) is 0 Å². The first-order chi connectivity index (χ1) is 23.4. The molecule has 11 nitrogen and oxygen atoms in total. The van der Waals surface area contributed by atoms with Crippen LogP contribution in [0, 0.1) is 29.2 Å². The van der Waals surface area contributed by atoms with E-state index in [1.807, 2.05) is 30.3 Å². The summed E-state index contributed by atoms with van der Waals surface area (Å²) < 4.78 is 71.3. The molecule has 0 aromatic heterocycles. The number of carbonyl (C=O) groups excluding carboxylic acids is 4. The van der Waals surface area contributed by atoms with Gasteiger partial charge in [-0.15, -0.1) is 0 Å². The van der Waals surface area contributed by atoms with Crippen LogP contribution in [-0.4, -0.2) is 59.2 Å². The number of carbonyl (C=O) groups is 4. The zero-order valence-electron chi connectivity index (χ0n) is 28.0. The maximum Gasteiger partial charge on any atom is 0.313 e. The fraction of sp³-hybridized carbons (Fsp3) is 0.371. The molecule has 0 spiro atoms. The summed E-state index contributed by atoms with van der Waals surface area (Å²) in [6, 6.07) is 12.7. The smallest absolute Gasteiger partial charge is 0.313 e. The van der Waals surface area contributed by atoms with Crippen LogP contribution < -0.4 is 25.4 Å². The van der Waals surface area contributed by atoms with Gasteiger partial charge >= 0.3 is 17.8 Å². The van der Waals surface area contributed by atoms with Crippen molar-refractivity contribution in [3.05, 3.63) is 89.5 Å². The Morgan fingerprint density at radius 3 is 1.98 bits per heavy atom. The third kappa shape index (κ3) is 11.8. The Hall–Kier alpha value is -5.18. The highest BCUT2D eigenvalue weighted by Crippen LogP contribution is 2.27. The summed E-state index contributed by atoms with van der Waals surface area (Å²) in [5.41, 5.74) is 0.237. The summed E-state index contributed by atoms with van der Waals surface area (Å²) in [7, 11) is 0. The molecule has 3 aromatic carbocycles. The minimum atomic E-state index is -1.90. The summed E-state index contributed by atoms with van der Waals surface area (Å²) in [6.07, 6.45) is -2.59. The standard InChI is InChI=1S/C35H39F4N3O8/c1-19(2)30(42-34(47)33(46)40-21-11-13-22(14-12-21)48-17-20-9-7-6-8-10-20)32(45)41-25(16-27(44)50-35(3,4)5)26(43)18-49-31-28(38)23(36)15-24(37)29(31)39/h6-15,19,25-26,30,43H,16-18H2,1-5H3,(H,40,46)(H,41,45)(H,42,47)/t25?,26?,30-/m0/s1. The molecule has 0 aliphatic rings. The number of esters is 1. The zero-order valence-corrected chi connectivity index (χ0v) is 28.0. The molecular formula is C35H39F4N3O8. The molecule has 0 aliphatic carbocycles. The van der Waals surface area contributed by atoms with E-state index < -0.39 is 95.4 Å². The molecule has 15 heteroatoms. The number of benzene rings is 3. The maximum atomic E-state index is 14.1. The van der Waals surface area contributed by atoms with Crippen molar-refractivity contribution in [2.45, 2.75) is 71.4 Å². The Morgan fingerprint density at radius 1 is 0.820 bits per heavy atom. The third-order valence-corrected chi connectivity index (χ3v) is 6.87. The first-order valence-corrected chi connectivity index (χ1v) is 15.5. The Balaban J connectivity index is 1.67. The first kappa shape index (κ1) is 39.3. The first-order valence-electron chi connectivity index (χ1n) is 15.5. The molecule has 3 amide bonds. The molecule has 2 unspecified atom stereocenters. The summed E-state index contributed by atoms with van der Waals surface area (Å²) in [5, 5.41) is 17.9. The average molecular weight is 706 g/mol. The largest absolute Gasteiger partial charge is 0.489 e. The van der Waals surface area contributed by atoms with Gasteiger partial charge in [0.1, 0.15) is 36.7 Å². The van der Waals surface area contributed by atoms with Crippen LogP contribution in [0.15, 0.2) is 60.7 Å². The number of hydrogen-bond acceptors (Lipinski definition) is 8. The number of amides is 3. The third-order valence-electron chi connectivity index (χ3n) is 6.87. The molecule has 50 heavy (non-hydrogen) atoms. The van der Waals surface area contributed by atoms with E-state index in [2.05, 4.69) is 16.0 Å². The summed E-state index contributed by atoms with van der Waals surface area (Å²) in [5.74, 6) is -13.0. The number of anilines is 1. The molecule has 0 saturated heterocycles. The lowest BCUT2D eigenvalue weighted by Gasteiger charge is -2.29. The Labute approximate surface area is 286 Å². The number of aliphatic hydroxyl groups excluding tert-OH is 1. The number of hydrogen-bond donors (Lipinski definition) is 4. The van der Waals surface area contributed by atoms with Crippen LogP contribution in [0.5, 0.6) is 11.5 Å². The zero-order chi connectivity index (χ0) is 37.2. The van der Waals surface area contributed by atoms with Gasteiger partial charge in [-0.3, -0.25) is 19.2 Å². The van der Waals surface area contributed by atoms with Crippen molar-refractivity contribution in [2.75, 3.05) is 11.9 Å². The summed E-state index contributed by atoms with van der Waals surface area (Å²) in [4.78, 5) is 51.5. The van der Waals surface area contributed by atoms with Gasteiger partial charge in [-0.2, -0.15) is 8.78 Å². The Kier molecular flexibility index (Phi) is 13.7. The van der Waals surface area contributed by atoms with Gasteiger partial charge < -0.3 is 35.3 Å². The maximum absolute atomic E-state index is 14.1. The molecule has 0 aliphatic heterocycles. The highest BCUT2D eigenvalue weighted by Gasteiger charge is 2.33. The quantitative estimate of drug-likeness (QED) is 0.0825. The minimum absolute atomic E-state index is 0.0288. The predicted molar refractivity (Wildman–Crippen MR) is 173 cm³/mol. The van der Waals surface area contributed by atoms with Gasteiger partial charge in [0.05, 0.1) is 12.5 Å². The number of halogens is 4. The van der Waals surface area contributed by atoms with Crippen LogP contribution in [0.4, 0.5) is 23.2 Å². The lowest BCUT2D eigenvalue weighted by molar-refractivity contribution is -0.156. The van der Waals surface area contributed by atoms with Crippen LogP contribution in [0.1, 0.15) is 46.6 Å². The second-order valence-electron chi connectivity index (χ2n) is 12.5. The highest BCUT2D eigenvalue weighted by atomic mass is 19.2. The predicted octanol–water partition coefficient (Wildman–Crippen LogP) is 4.56. The molecule has 0 saturated carbocycles. The number of aliphatic hydroxyl groups is 1. The van der Waals surface area contributed by atoms with Crippen molar-refractivity contribution in [2.24, 2.45) is 5.92 Å². The lowest BCUT2D eigenvalue weighted by Crippen LogP contribution is -2.57. The second kappa shape index (κ2) is 17.5. The van der Waals surface area contributed by atoms with Crippen molar-refractivity contribution in [3.8, 4) is 11.5 Å². The van der Waals surface area contributed by atoms with Crippen LogP contribution in [0.2, 0.25) is 0 Å². The molecule has 3 atom stereocenters. The van der Waals surface area contributed by atoms with Gasteiger partial charge in [-0.1, -0.05) is 44.2 Å². The van der Waals surface area contributed by atoms with Crippen LogP contribution in [0.25, 0.3) is 0 Å². The fourth-order valence-electron chi connectivity index (χ4n) is 4.39. The molecular weight excluding hydrogens is 666 g/mol. The Bertz CT molecular complexity index is 1620. The van der Waals surface area contributed by atoms with Gasteiger partial charge in [0, 0.05) is 11.8 Å². The normalized spacial score (nSPS) is 13.1. The number of nitrogens with one attached hydrogen (secondary N) is 3. The SMILES string of the molecule is CC(C)[C@H](NC(=O)C(=O)Nc1ccc(OCc2ccccc2)cc1)C(=O)NC(CC(=O)OC(C)(C)C)C(O)COc1c(F)c(F)cc(F)c1F. The van der Waals surface area contributed by atoms with E-state index in [9.17, 15) is 41.8 Å². The van der Waals surface area contributed by atoms with Crippen molar-refractivity contribution >= 4 is 29.4 Å². The van der Waals surface area contributed by atoms with Crippen molar-refractivity contribution < 1.29 is 56.1 Å². The van der Waals surface area contributed by atoms with Crippen molar-refractivity contribution in [3.63, 3.8) is 0 Å². The molecule has 3 aromatic rings. The van der Waals surface area contributed by atoms with E-state index >= 15 is 0 Å². The molecule has 0 heterocycles. The van der Waals surface area contributed by atoms with Gasteiger partial charge in [0.15, 0.2) is 17.4 Å². The molecule has 4 N–H and O–H groups in total. The molecule has 0 bridgehead atoms. The average Bonchev–Trinajstić information content (AvgIpc) is 3.04. The van der Waals surface area contributed by atoms with Crippen LogP contribution in [0.3, 0.4) is 0 Å². The van der Waals surface area contributed by atoms with E-state index in [1.54, 1.807) is 46.8 Å². The van der Waals surface area contributed by atoms with Crippen molar-refractivity contribution in [1.29, 1.82) is 0 Å². The van der Waals surface area contributed by atoms with E-state index in [1.165, 1.54) is 12.1 Å². The van der Waals surface area contributed by atoms with E-state index in [0.29, 0.717) is 12.4 Å². The second-order valence-corrected chi connectivity index (χ2v) is 12.5. The molecule has 0 radical (unpaired) electrons. The molecule has 3 rings (SSSR count). The van der Waals surface area contributed by atoms with E-state index in [0.717, 1.165) is 5.56 Å². The Morgan fingerprint density at radius 2 is 1.42 bits per heavy atom. The highest BCUT2D eigenvalue weighted by molar-refractivity contribution is 6.40. The molecule has 270 valence electrons. The van der Waals surface area contributed by atoms with Gasteiger partial charge in [-0.05, 0) is 56.5 Å². The molecule has 0 fully saturated rings. The minimum Gasteiger partial charge on any atom is -0.489 e. The van der Waals surface area contributed by atoms with Crippen LogP contribution >= 0.6 is 0 Å². The summed E-state index contributed by atoms with van der Waals surface area (Å²) >= 11 is 0.